The maximum atomic E-state index is 13.8. The Morgan fingerprint density at radius 2 is 1.82 bits per heavy atom. The zero-order chi connectivity index (χ0) is 26.6. The summed E-state index contributed by atoms with van der Waals surface area (Å²) in [7, 11) is 3.05. The van der Waals surface area contributed by atoms with Crippen LogP contribution in [0.5, 0.6) is 17.2 Å². The third-order valence-corrected chi connectivity index (χ3v) is 7.42. The molecule has 1 aliphatic heterocycles. The zero-order valence-electron chi connectivity index (χ0n) is 20.2. The van der Waals surface area contributed by atoms with E-state index in [4.69, 9.17) is 13.9 Å². The Labute approximate surface area is 219 Å². The maximum absolute atomic E-state index is 13.8. The summed E-state index contributed by atoms with van der Waals surface area (Å²) in [6, 6.07) is 17.2. The van der Waals surface area contributed by atoms with E-state index in [0.29, 0.717) is 33.5 Å². The largest absolute Gasteiger partial charge is 0.508 e. The molecule has 6 rings (SSSR count). The third-order valence-electron chi connectivity index (χ3n) is 6.40. The second-order valence-electron chi connectivity index (χ2n) is 8.58. The molecule has 1 aliphatic rings. The van der Waals surface area contributed by atoms with Crippen LogP contribution in [0.1, 0.15) is 22.2 Å². The molecule has 5 aromatic rings. The SMILES string of the molecule is COc1ccc2nc(N3C(=O)C(O)=C(C(=O)c4cc5cccc(OC)c5o4)C3c3ccc(O)cc3)sc2c1. The molecule has 0 spiro atoms. The number of ketones is 1. The highest BCUT2D eigenvalue weighted by molar-refractivity contribution is 7.22. The predicted octanol–water partition coefficient (Wildman–Crippen LogP) is 5.55. The van der Waals surface area contributed by atoms with E-state index in [0.717, 1.165) is 4.70 Å². The van der Waals surface area contributed by atoms with Crippen LogP contribution in [0.3, 0.4) is 0 Å². The molecule has 0 saturated heterocycles. The average molecular weight is 529 g/mol. The van der Waals surface area contributed by atoms with Crippen LogP contribution in [0.15, 0.2) is 82.5 Å². The van der Waals surface area contributed by atoms with E-state index in [1.807, 2.05) is 0 Å². The van der Waals surface area contributed by atoms with Crippen molar-refractivity contribution in [1.29, 1.82) is 0 Å². The number of methoxy groups -OCH3 is 2. The number of anilines is 1. The lowest BCUT2D eigenvalue weighted by Gasteiger charge is -2.24. The molecule has 0 saturated carbocycles. The van der Waals surface area contributed by atoms with Gasteiger partial charge in [0.25, 0.3) is 5.91 Å². The van der Waals surface area contributed by atoms with Crippen LogP contribution in [0.4, 0.5) is 5.13 Å². The van der Waals surface area contributed by atoms with Crippen molar-refractivity contribution in [3.8, 4) is 17.2 Å². The van der Waals surface area contributed by atoms with Gasteiger partial charge < -0.3 is 24.1 Å². The predicted molar refractivity (Wildman–Crippen MR) is 141 cm³/mol. The fraction of sp³-hybridized carbons (Fsp3) is 0.107. The molecule has 2 N–H and O–H groups in total. The summed E-state index contributed by atoms with van der Waals surface area (Å²) in [5, 5.41) is 21.8. The van der Waals surface area contributed by atoms with Gasteiger partial charge in [-0.15, -0.1) is 0 Å². The summed E-state index contributed by atoms with van der Waals surface area (Å²) >= 11 is 1.23. The second kappa shape index (κ2) is 8.93. The fourth-order valence-electron chi connectivity index (χ4n) is 4.57. The number of carbonyl (C=O) groups excluding carboxylic acids is 2. The van der Waals surface area contributed by atoms with Crippen molar-refractivity contribution in [3.05, 3.63) is 89.4 Å². The number of furan rings is 1. The highest BCUT2D eigenvalue weighted by atomic mass is 32.1. The number of nitrogens with zero attached hydrogens (tertiary/aromatic N) is 2. The molecule has 0 fully saturated rings. The molecule has 0 aliphatic carbocycles. The van der Waals surface area contributed by atoms with Crippen molar-refractivity contribution in [3.63, 3.8) is 0 Å². The summed E-state index contributed by atoms with van der Waals surface area (Å²) in [4.78, 5) is 33.2. The molecular formula is C28H20N2O7S. The van der Waals surface area contributed by atoms with Gasteiger partial charge in [0.15, 0.2) is 28.0 Å². The molecule has 2 aromatic heterocycles. The number of hydrogen-bond donors (Lipinski definition) is 2. The van der Waals surface area contributed by atoms with E-state index in [-0.39, 0.29) is 22.2 Å². The van der Waals surface area contributed by atoms with Crippen molar-refractivity contribution >= 4 is 49.3 Å². The van der Waals surface area contributed by atoms with Gasteiger partial charge in [0.2, 0.25) is 5.78 Å². The summed E-state index contributed by atoms with van der Waals surface area (Å²) in [6.45, 7) is 0. The summed E-state index contributed by atoms with van der Waals surface area (Å²) in [5.74, 6) is -1.09. The summed E-state index contributed by atoms with van der Waals surface area (Å²) in [6.07, 6.45) is 0. The van der Waals surface area contributed by atoms with Gasteiger partial charge in [0, 0.05) is 5.39 Å². The molecule has 0 bridgehead atoms. The van der Waals surface area contributed by atoms with Gasteiger partial charge in [0.1, 0.15) is 11.5 Å². The van der Waals surface area contributed by atoms with E-state index >= 15 is 0 Å². The first-order valence-electron chi connectivity index (χ1n) is 11.5. The van der Waals surface area contributed by atoms with Gasteiger partial charge >= 0.3 is 0 Å². The maximum Gasteiger partial charge on any atom is 0.296 e. The summed E-state index contributed by atoms with van der Waals surface area (Å²) < 4.78 is 17.2. The number of benzene rings is 3. The van der Waals surface area contributed by atoms with Gasteiger partial charge in [-0.3, -0.25) is 14.5 Å². The number of aromatic hydroxyl groups is 1. The van der Waals surface area contributed by atoms with Gasteiger partial charge in [-0.1, -0.05) is 35.6 Å². The van der Waals surface area contributed by atoms with Gasteiger partial charge in [-0.05, 0) is 48.0 Å². The van der Waals surface area contributed by atoms with Crippen molar-refractivity contribution in [2.24, 2.45) is 0 Å². The van der Waals surface area contributed by atoms with Gasteiger partial charge in [-0.2, -0.15) is 0 Å². The van der Waals surface area contributed by atoms with Crippen LogP contribution in [0, 0.1) is 0 Å². The molecule has 1 atom stereocenters. The van der Waals surface area contributed by atoms with Crippen molar-refractivity contribution in [2.75, 3.05) is 19.1 Å². The number of aliphatic hydroxyl groups excluding tert-OH is 1. The van der Waals surface area contributed by atoms with Gasteiger partial charge in [-0.25, -0.2) is 4.98 Å². The first kappa shape index (κ1) is 23.6. The molecule has 190 valence electrons. The number of carbonyl (C=O) groups is 2. The Morgan fingerprint density at radius 3 is 2.55 bits per heavy atom. The van der Waals surface area contributed by atoms with E-state index in [1.54, 1.807) is 61.7 Å². The van der Waals surface area contributed by atoms with Crippen molar-refractivity contribution in [2.45, 2.75) is 6.04 Å². The zero-order valence-corrected chi connectivity index (χ0v) is 21.0. The number of phenols is 1. The molecule has 3 aromatic carbocycles. The molecule has 1 unspecified atom stereocenters. The monoisotopic (exact) mass is 528 g/mol. The number of para-hydroxylation sites is 1. The number of aromatic nitrogens is 1. The third kappa shape index (κ3) is 3.65. The van der Waals surface area contributed by atoms with Crippen LogP contribution in [0.25, 0.3) is 21.2 Å². The van der Waals surface area contributed by atoms with Crippen LogP contribution in [-0.4, -0.2) is 41.1 Å². The Morgan fingerprint density at radius 1 is 1.03 bits per heavy atom. The number of ether oxygens (including phenoxy) is 2. The topological polar surface area (TPSA) is 122 Å². The first-order chi connectivity index (χ1) is 18.4. The Kier molecular flexibility index (Phi) is 5.54. The van der Waals surface area contributed by atoms with Crippen LogP contribution < -0.4 is 14.4 Å². The van der Waals surface area contributed by atoms with E-state index in [1.165, 1.54) is 35.5 Å². The standard InChI is InChI=1S/C28H20N2O7S/c1-35-17-10-11-18-21(13-17)38-28(29-18)30-23(14-6-8-16(31)9-7-14)22(25(33)27(30)34)24(32)20-12-15-4-3-5-19(36-2)26(15)37-20/h3-13,23,31,33H,1-2H3. The molecule has 10 heteroatoms. The Hall–Kier alpha value is -4.83. The highest BCUT2D eigenvalue weighted by Crippen LogP contribution is 2.45. The minimum absolute atomic E-state index is 0.0159. The number of hydrogen-bond acceptors (Lipinski definition) is 9. The van der Waals surface area contributed by atoms with Crippen LogP contribution in [-0.2, 0) is 4.79 Å². The van der Waals surface area contributed by atoms with E-state index in [2.05, 4.69) is 4.98 Å². The number of thiazole rings is 1. The minimum Gasteiger partial charge on any atom is -0.508 e. The van der Waals surface area contributed by atoms with Crippen molar-refractivity contribution < 1.29 is 33.7 Å². The van der Waals surface area contributed by atoms with Crippen LogP contribution >= 0.6 is 11.3 Å². The summed E-state index contributed by atoms with van der Waals surface area (Å²) in [5.41, 5.74) is 1.34. The second-order valence-corrected chi connectivity index (χ2v) is 9.59. The number of aliphatic hydroxyl groups is 1. The molecule has 1 amide bonds. The van der Waals surface area contributed by atoms with Crippen molar-refractivity contribution in [1.82, 2.24) is 4.98 Å². The normalized spacial score (nSPS) is 15.6. The number of amides is 1. The first-order valence-corrected chi connectivity index (χ1v) is 12.3. The molecule has 38 heavy (non-hydrogen) atoms. The van der Waals surface area contributed by atoms with E-state index in [9.17, 15) is 19.8 Å². The lowest BCUT2D eigenvalue weighted by atomic mass is 9.95. The van der Waals surface area contributed by atoms with Crippen LogP contribution in [0.2, 0.25) is 0 Å². The highest BCUT2D eigenvalue weighted by Gasteiger charge is 2.46. The minimum atomic E-state index is -1.02. The lowest BCUT2D eigenvalue weighted by molar-refractivity contribution is -0.117. The molecule has 0 radical (unpaired) electrons. The van der Waals surface area contributed by atoms with E-state index < -0.39 is 23.5 Å². The quantitative estimate of drug-likeness (QED) is 0.275. The number of phenolic OH excluding ortho intramolecular Hbond substituents is 1. The average Bonchev–Trinajstić information content (AvgIpc) is 3.62. The van der Waals surface area contributed by atoms with Gasteiger partial charge in [0.05, 0.1) is 36.1 Å². The Balaban J connectivity index is 1.50. The smallest absolute Gasteiger partial charge is 0.296 e. The fourth-order valence-corrected chi connectivity index (χ4v) is 5.59. The number of rotatable bonds is 6. The number of fused-ring (bicyclic) bond motifs is 2. The molecular weight excluding hydrogens is 508 g/mol. The number of Topliss-reactive ketones (excluding diaryl/α,β-unsaturated/α-hetero) is 1. The molecule has 9 nitrogen and oxygen atoms in total. The lowest BCUT2D eigenvalue weighted by Crippen LogP contribution is -2.30. The Bertz CT molecular complexity index is 1770. The molecule has 3 heterocycles.